The number of hydrogen-bond donors (Lipinski definition) is 2. The van der Waals surface area contributed by atoms with Crippen LogP contribution in [0.1, 0.15) is 18.4 Å². The average molecular weight is 366 g/mol. The van der Waals surface area contributed by atoms with Gasteiger partial charge < -0.3 is 5.32 Å². The van der Waals surface area contributed by atoms with Crippen LogP contribution in [-0.4, -0.2) is 34.1 Å². The van der Waals surface area contributed by atoms with E-state index in [1.807, 2.05) is 30.3 Å². The van der Waals surface area contributed by atoms with Gasteiger partial charge in [0, 0.05) is 25.0 Å². The van der Waals surface area contributed by atoms with E-state index >= 15 is 0 Å². The van der Waals surface area contributed by atoms with Gasteiger partial charge in [-0.15, -0.1) is 0 Å². The molecule has 0 saturated carbocycles. The molecule has 4 rings (SSSR count). The van der Waals surface area contributed by atoms with Gasteiger partial charge in [-0.3, -0.25) is 14.8 Å². The van der Waals surface area contributed by atoms with Crippen molar-refractivity contribution in [2.24, 2.45) is 5.92 Å². The number of carbonyl (C=O) groups excluding carboxylic acids is 1. The Balaban J connectivity index is 1.35. The third-order valence-electron chi connectivity index (χ3n) is 4.83. The number of anilines is 1. The lowest BCUT2D eigenvalue weighted by atomic mass is 9.96. The Labute approximate surface area is 157 Å². The number of amides is 1. The van der Waals surface area contributed by atoms with Crippen molar-refractivity contribution < 1.29 is 4.79 Å². The summed E-state index contributed by atoms with van der Waals surface area (Å²) >= 11 is 1.73. The number of rotatable bonds is 5. The van der Waals surface area contributed by atoms with Crippen LogP contribution in [0.4, 0.5) is 5.69 Å². The van der Waals surface area contributed by atoms with E-state index < -0.39 is 0 Å². The van der Waals surface area contributed by atoms with Crippen molar-refractivity contribution in [3.8, 4) is 11.3 Å². The van der Waals surface area contributed by atoms with Crippen molar-refractivity contribution in [3.63, 3.8) is 0 Å². The van der Waals surface area contributed by atoms with Crippen molar-refractivity contribution in [2.75, 3.05) is 18.4 Å². The fourth-order valence-corrected chi connectivity index (χ4v) is 4.11. The first kappa shape index (κ1) is 17.0. The van der Waals surface area contributed by atoms with Crippen LogP contribution in [-0.2, 0) is 11.3 Å². The molecule has 1 aliphatic rings. The maximum atomic E-state index is 12.7. The molecule has 1 aliphatic heterocycles. The quantitative estimate of drug-likeness (QED) is 0.718. The molecule has 1 saturated heterocycles. The third-order valence-corrected chi connectivity index (χ3v) is 5.56. The summed E-state index contributed by atoms with van der Waals surface area (Å²) in [6, 6.07) is 12.0. The van der Waals surface area contributed by atoms with Gasteiger partial charge in [-0.2, -0.15) is 16.4 Å². The van der Waals surface area contributed by atoms with Crippen LogP contribution in [0.25, 0.3) is 11.3 Å². The molecular formula is C20H22N4OS. The number of nitrogens with one attached hydrogen (secondary N) is 2. The number of likely N-dealkylation sites (tertiary alicyclic amines) is 1. The van der Waals surface area contributed by atoms with Gasteiger partial charge in [0.1, 0.15) is 0 Å². The molecule has 0 radical (unpaired) electrons. The molecule has 6 heteroatoms. The minimum atomic E-state index is 0.0506. The molecule has 0 aliphatic carbocycles. The standard InChI is InChI=1S/C20H22N4OS/c25-20(17-2-1-10-24(13-17)12-15-8-11-26-14-15)22-18-5-3-16(4-6-18)19-7-9-21-23-19/h3-9,11,14,17H,1-2,10,12-13H2,(H,21,23)(H,22,25)/t17-/m1/s1. The minimum absolute atomic E-state index is 0.0506. The molecule has 1 atom stereocenters. The second-order valence-corrected chi connectivity index (χ2v) is 7.52. The smallest absolute Gasteiger partial charge is 0.228 e. The van der Waals surface area contributed by atoms with Gasteiger partial charge in [-0.1, -0.05) is 12.1 Å². The van der Waals surface area contributed by atoms with Gasteiger partial charge in [0.25, 0.3) is 0 Å². The molecule has 26 heavy (non-hydrogen) atoms. The largest absolute Gasteiger partial charge is 0.326 e. The highest BCUT2D eigenvalue weighted by Gasteiger charge is 2.25. The number of hydrogen-bond acceptors (Lipinski definition) is 4. The van der Waals surface area contributed by atoms with Crippen LogP contribution >= 0.6 is 11.3 Å². The fraction of sp³-hybridized carbons (Fsp3) is 0.300. The van der Waals surface area contributed by atoms with Crippen LogP contribution < -0.4 is 5.32 Å². The van der Waals surface area contributed by atoms with E-state index in [-0.39, 0.29) is 11.8 Å². The second kappa shape index (κ2) is 7.85. The predicted octanol–water partition coefficient (Wildman–Crippen LogP) is 3.99. The first-order valence-electron chi connectivity index (χ1n) is 8.92. The molecule has 134 valence electrons. The zero-order valence-electron chi connectivity index (χ0n) is 14.5. The van der Waals surface area contributed by atoms with Gasteiger partial charge in [0.15, 0.2) is 0 Å². The Hall–Kier alpha value is -2.44. The highest BCUT2D eigenvalue weighted by Crippen LogP contribution is 2.23. The SMILES string of the molecule is O=C(Nc1ccc(-c2ccn[nH]2)cc1)[C@@H]1CCCN(Cc2ccsc2)C1. The Morgan fingerprint density at radius 2 is 2.15 bits per heavy atom. The summed E-state index contributed by atoms with van der Waals surface area (Å²) in [6.07, 6.45) is 3.76. The zero-order valence-corrected chi connectivity index (χ0v) is 15.3. The molecule has 2 N–H and O–H groups in total. The molecule has 3 aromatic rings. The lowest BCUT2D eigenvalue weighted by Crippen LogP contribution is -2.40. The highest BCUT2D eigenvalue weighted by atomic mass is 32.1. The summed E-state index contributed by atoms with van der Waals surface area (Å²) in [7, 11) is 0. The molecular weight excluding hydrogens is 344 g/mol. The van der Waals surface area contributed by atoms with E-state index in [2.05, 4.69) is 37.2 Å². The topological polar surface area (TPSA) is 61.0 Å². The van der Waals surface area contributed by atoms with Gasteiger partial charge in [0.2, 0.25) is 5.91 Å². The van der Waals surface area contributed by atoms with E-state index in [0.717, 1.165) is 49.4 Å². The number of thiophene rings is 1. The molecule has 0 spiro atoms. The van der Waals surface area contributed by atoms with Crippen LogP contribution in [0.15, 0.2) is 53.4 Å². The number of aromatic amines is 1. The van der Waals surface area contributed by atoms with Crippen molar-refractivity contribution in [2.45, 2.75) is 19.4 Å². The second-order valence-electron chi connectivity index (χ2n) is 6.74. The first-order valence-corrected chi connectivity index (χ1v) is 9.86. The van der Waals surface area contributed by atoms with Gasteiger partial charge >= 0.3 is 0 Å². The predicted molar refractivity (Wildman–Crippen MR) is 105 cm³/mol. The summed E-state index contributed by atoms with van der Waals surface area (Å²) in [4.78, 5) is 15.1. The van der Waals surface area contributed by atoms with E-state index in [9.17, 15) is 4.79 Å². The Morgan fingerprint density at radius 3 is 2.88 bits per heavy atom. The molecule has 5 nitrogen and oxygen atoms in total. The average Bonchev–Trinajstić information content (AvgIpc) is 3.36. The van der Waals surface area contributed by atoms with E-state index in [0.29, 0.717) is 0 Å². The van der Waals surface area contributed by atoms with Gasteiger partial charge in [-0.25, -0.2) is 0 Å². The number of piperidine rings is 1. The number of benzene rings is 1. The number of aromatic nitrogens is 2. The van der Waals surface area contributed by atoms with Crippen LogP contribution in [0.2, 0.25) is 0 Å². The van der Waals surface area contributed by atoms with Crippen molar-refractivity contribution in [3.05, 3.63) is 58.9 Å². The summed E-state index contributed by atoms with van der Waals surface area (Å²) in [5.74, 6) is 0.170. The fourth-order valence-electron chi connectivity index (χ4n) is 3.45. The van der Waals surface area contributed by atoms with Crippen molar-refractivity contribution in [1.82, 2.24) is 15.1 Å². The Kier molecular flexibility index (Phi) is 5.13. The molecule has 1 amide bonds. The van der Waals surface area contributed by atoms with E-state index in [1.165, 1.54) is 5.56 Å². The molecule has 1 fully saturated rings. The Bertz CT molecular complexity index is 827. The lowest BCUT2D eigenvalue weighted by molar-refractivity contribution is -0.121. The molecule has 1 aromatic carbocycles. The highest BCUT2D eigenvalue weighted by molar-refractivity contribution is 7.07. The van der Waals surface area contributed by atoms with E-state index in [1.54, 1.807) is 17.5 Å². The molecule has 0 bridgehead atoms. The van der Waals surface area contributed by atoms with Crippen LogP contribution in [0, 0.1) is 5.92 Å². The van der Waals surface area contributed by atoms with Crippen molar-refractivity contribution >= 4 is 22.9 Å². The minimum Gasteiger partial charge on any atom is -0.326 e. The molecule has 0 unspecified atom stereocenters. The first-order chi connectivity index (χ1) is 12.8. The van der Waals surface area contributed by atoms with Crippen molar-refractivity contribution in [1.29, 1.82) is 0 Å². The normalized spacial score (nSPS) is 17.9. The number of carbonyl (C=O) groups is 1. The maximum Gasteiger partial charge on any atom is 0.228 e. The summed E-state index contributed by atoms with van der Waals surface area (Å²) < 4.78 is 0. The summed E-state index contributed by atoms with van der Waals surface area (Å²) in [5, 5.41) is 14.3. The number of H-pyrrole nitrogens is 1. The van der Waals surface area contributed by atoms with Crippen LogP contribution in [0.5, 0.6) is 0 Å². The lowest BCUT2D eigenvalue weighted by Gasteiger charge is -2.31. The van der Waals surface area contributed by atoms with E-state index in [4.69, 9.17) is 0 Å². The van der Waals surface area contributed by atoms with Crippen LogP contribution in [0.3, 0.4) is 0 Å². The third kappa shape index (κ3) is 4.03. The Morgan fingerprint density at radius 1 is 1.27 bits per heavy atom. The van der Waals surface area contributed by atoms with Gasteiger partial charge in [0.05, 0.1) is 11.6 Å². The summed E-state index contributed by atoms with van der Waals surface area (Å²) in [6.45, 7) is 2.83. The molecule has 3 heterocycles. The summed E-state index contributed by atoms with van der Waals surface area (Å²) in [5.41, 5.74) is 4.21. The monoisotopic (exact) mass is 366 g/mol. The maximum absolute atomic E-state index is 12.7. The van der Waals surface area contributed by atoms with Gasteiger partial charge in [-0.05, 0) is 65.5 Å². The molecule has 2 aromatic heterocycles. The zero-order chi connectivity index (χ0) is 17.8. The number of nitrogens with zero attached hydrogens (tertiary/aromatic N) is 2.